The van der Waals surface area contributed by atoms with Crippen LogP contribution in [-0.4, -0.2) is 32.1 Å². The Kier molecular flexibility index (Phi) is 3.62. The third kappa shape index (κ3) is 2.57. The van der Waals surface area contributed by atoms with Crippen LogP contribution >= 0.6 is 0 Å². The number of nitrogens with zero attached hydrogens (tertiary/aromatic N) is 4. The summed E-state index contributed by atoms with van der Waals surface area (Å²) in [5.74, 6) is 0.335. The number of hydrogen-bond acceptors (Lipinski definition) is 5. The maximum atomic E-state index is 12.3. The molecule has 2 heterocycles. The van der Waals surface area contributed by atoms with Crippen molar-refractivity contribution in [2.24, 2.45) is 0 Å². The van der Waals surface area contributed by atoms with Gasteiger partial charge >= 0.3 is 0 Å². The maximum Gasteiger partial charge on any atom is 0.257 e. The summed E-state index contributed by atoms with van der Waals surface area (Å²) >= 11 is 0. The standard InChI is InChI=1S/C15H17N5O2/c1-9(16-15(21)14-10(2)18-22-11(14)3)8-20-13-7-5-4-6-12(13)17-19-20/h4-7,9H,8H2,1-3H3,(H,16,21)/t9-/m0/s1. The van der Waals surface area contributed by atoms with Crippen LogP contribution in [0, 0.1) is 13.8 Å². The average Bonchev–Trinajstić information content (AvgIpc) is 3.03. The van der Waals surface area contributed by atoms with Crippen LogP contribution in [-0.2, 0) is 6.54 Å². The number of para-hydroxylation sites is 1. The zero-order valence-corrected chi connectivity index (χ0v) is 12.7. The van der Waals surface area contributed by atoms with Crippen molar-refractivity contribution in [1.29, 1.82) is 0 Å². The minimum absolute atomic E-state index is 0.105. The minimum Gasteiger partial charge on any atom is -0.361 e. The van der Waals surface area contributed by atoms with E-state index in [4.69, 9.17) is 4.52 Å². The molecule has 1 N–H and O–H groups in total. The highest BCUT2D eigenvalue weighted by molar-refractivity contribution is 5.96. The second kappa shape index (κ2) is 5.59. The Bertz CT molecular complexity index is 801. The molecule has 0 aliphatic carbocycles. The molecule has 0 unspecified atom stereocenters. The predicted octanol–water partition coefficient (Wildman–Crippen LogP) is 1.85. The number of nitrogens with one attached hydrogen (secondary N) is 1. The number of aryl methyl sites for hydroxylation is 2. The summed E-state index contributed by atoms with van der Waals surface area (Å²) < 4.78 is 6.81. The molecule has 2 aromatic heterocycles. The van der Waals surface area contributed by atoms with Crippen molar-refractivity contribution in [3.8, 4) is 0 Å². The molecule has 22 heavy (non-hydrogen) atoms. The summed E-state index contributed by atoms with van der Waals surface area (Å²) in [6.07, 6.45) is 0. The normalized spacial score (nSPS) is 12.5. The van der Waals surface area contributed by atoms with Gasteiger partial charge in [0.05, 0.1) is 17.8 Å². The van der Waals surface area contributed by atoms with Crippen LogP contribution < -0.4 is 5.32 Å². The number of aromatic nitrogens is 4. The molecule has 0 bridgehead atoms. The Morgan fingerprint density at radius 2 is 2.14 bits per heavy atom. The highest BCUT2D eigenvalue weighted by Crippen LogP contribution is 2.13. The topological polar surface area (TPSA) is 85.8 Å². The van der Waals surface area contributed by atoms with E-state index >= 15 is 0 Å². The van der Waals surface area contributed by atoms with E-state index in [1.807, 2.05) is 31.2 Å². The monoisotopic (exact) mass is 299 g/mol. The summed E-state index contributed by atoms with van der Waals surface area (Å²) in [6, 6.07) is 7.62. The first-order chi connectivity index (χ1) is 10.6. The Balaban J connectivity index is 1.73. The van der Waals surface area contributed by atoms with Crippen molar-refractivity contribution < 1.29 is 9.32 Å². The molecule has 0 saturated heterocycles. The maximum absolute atomic E-state index is 12.3. The summed E-state index contributed by atoms with van der Waals surface area (Å²) in [7, 11) is 0. The smallest absolute Gasteiger partial charge is 0.257 e. The third-order valence-corrected chi connectivity index (χ3v) is 3.50. The molecule has 7 nitrogen and oxygen atoms in total. The Morgan fingerprint density at radius 1 is 1.36 bits per heavy atom. The fourth-order valence-corrected chi connectivity index (χ4v) is 2.46. The van der Waals surface area contributed by atoms with Gasteiger partial charge in [0.2, 0.25) is 0 Å². The molecule has 0 aliphatic rings. The van der Waals surface area contributed by atoms with Crippen LogP contribution in [0.3, 0.4) is 0 Å². The van der Waals surface area contributed by atoms with Gasteiger partial charge in [0, 0.05) is 6.04 Å². The molecule has 114 valence electrons. The number of benzene rings is 1. The lowest BCUT2D eigenvalue weighted by Crippen LogP contribution is -2.36. The predicted molar refractivity (Wildman–Crippen MR) is 80.4 cm³/mol. The molecule has 1 aromatic carbocycles. The summed E-state index contributed by atoms with van der Waals surface area (Å²) in [4.78, 5) is 12.3. The first kappa shape index (κ1) is 14.2. The number of fused-ring (bicyclic) bond motifs is 1. The van der Waals surface area contributed by atoms with E-state index in [0.717, 1.165) is 11.0 Å². The van der Waals surface area contributed by atoms with Gasteiger partial charge in [0.15, 0.2) is 0 Å². The first-order valence-electron chi connectivity index (χ1n) is 7.08. The van der Waals surface area contributed by atoms with Gasteiger partial charge in [-0.25, -0.2) is 4.68 Å². The molecule has 1 amide bonds. The lowest BCUT2D eigenvalue weighted by atomic mass is 10.2. The molecule has 3 aromatic rings. The lowest BCUT2D eigenvalue weighted by Gasteiger charge is -2.14. The molecule has 0 aliphatic heterocycles. The van der Waals surface area contributed by atoms with E-state index in [1.54, 1.807) is 18.5 Å². The SMILES string of the molecule is Cc1noc(C)c1C(=O)N[C@@H](C)Cn1nnc2ccccc21. The largest absolute Gasteiger partial charge is 0.361 e. The van der Waals surface area contributed by atoms with E-state index in [0.29, 0.717) is 23.6 Å². The van der Waals surface area contributed by atoms with E-state index in [9.17, 15) is 4.79 Å². The van der Waals surface area contributed by atoms with E-state index in [2.05, 4.69) is 20.8 Å². The molecule has 3 rings (SSSR count). The van der Waals surface area contributed by atoms with Gasteiger partial charge in [-0.1, -0.05) is 22.5 Å². The van der Waals surface area contributed by atoms with Gasteiger partial charge in [0.1, 0.15) is 16.8 Å². The van der Waals surface area contributed by atoms with Crippen molar-refractivity contribution in [1.82, 2.24) is 25.5 Å². The zero-order chi connectivity index (χ0) is 15.7. The van der Waals surface area contributed by atoms with E-state index < -0.39 is 0 Å². The third-order valence-electron chi connectivity index (χ3n) is 3.50. The first-order valence-corrected chi connectivity index (χ1v) is 7.08. The van der Waals surface area contributed by atoms with Gasteiger partial charge in [-0.3, -0.25) is 4.79 Å². The Labute approximate surface area is 127 Å². The van der Waals surface area contributed by atoms with Crippen LogP contribution in [0.25, 0.3) is 11.0 Å². The van der Waals surface area contributed by atoms with Gasteiger partial charge < -0.3 is 9.84 Å². The second-order valence-electron chi connectivity index (χ2n) is 5.33. The van der Waals surface area contributed by atoms with Crippen molar-refractivity contribution in [3.63, 3.8) is 0 Å². The molecule has 0 radical (unpaired) electrons. The van der Waals surface area contributed by atoms with Crippen molar-refractivity contribution in [3.05, 3.63) is 41.3 Å². The van der Waals surface area contributed by atoms with E-state index in [-0.39, 0.29) is 11.9 Å². The average molecular weight is 299 g/mol. The molecular weight excluding hydrogens is 282 g/mol. The van der Waals surface area contributed by atoms with Gasteiger partial charge in [0.25, 0.3) is 5.91 Å². The van der Waals surface area contributed by atoms with Gasteiger partial charge in [-0.05, 0) is 32.9 Å². The van der Waals surface area contributed by atoms with Gasteiger partial charge in [-0.2, -0.15) is 0 Å². The molecule has 0 fully saturated rings. The zero-order valence-electron chi connectivity index (χ0n) is 12.7. The highest BCUT2D eigenvalue weighted by atomic mass is 16.5. The van der Waals surface area contributed by atoms with Crippen LogP contribution in [0.15, 0.2) is 28.8 Å². The second-order valence-corrected chi connectivity index (χ2v) is 5.33. The van der Waals surface area contributed by atoms with E-state index in [1.165, 1.54) is 0 Å². The number of amides is 1. The van der Waals surface area contributed by atoms with Crippen molar-refractivity contribution >= 4 is 16.9 Å². The minimum atomic E-state index is -0.187. The molecule has 0 spiro atoms. The number of carbonyl (C=O) groups excluding carboxylic acids is 1. The summed E-state index contributed by atoms with van der Waals surface area (Å²) in [5, 5.41) is 15.0. The summed E-state index contributed by atoms with van der Waals surface area (Å²) in [5.41, 5.74) is 2.87. The van der Waals surface area contributed by atoms with Gasteiger partial charge in [-0.15, -0.1) is 5.10 Å². The highest BCUT2D eigenvalue weighted by Gasteiger charge is 2.19. The Hall–Kier alpha value is -2.70. The molecule has 0 saturated carbocycles. The fourth-order valence-electron chi connectivity index (χ4n) is 2.46. The van der Waals surface area contributed by atoms with Crippen molar-refractivity contribution in [2.75, 3.05) is 0 Å². The Morgan fingerprint density at radius 3 is 2.86 bits per heavy atom. The summed E-state index contributed by atoms with van der Waals surface area (Å²) in [6.45, 7) is 5.94. The van der Waals surface area contributed by atoms with Crippen LogP contribution in [0.5, 0.6) is 0 Å². The van der Waals surface area contributed by atoms with Crippen molar-refractivity contribution in [2.45, 2.75) is 33.4 Å². The molecular formula is C15H17N5O2. The molecule has 1 atom stereocenters. The quantitative estimate of drug-likeness (QED) is 0.794. The van der Waals surface area contributed by atoms with Crippen LogP contribution in [0.4, 0.5) is 0 Å². The fraction of sp³-hybridized carbons (Fsp3) is 0.333. The molecule has 7 heteroatoms. The lowest BCUT2D eigenvalue weighted by molar-refractivity contribution is 0.0934. The number of carbonyl (C=O) groups is 1. The number of rotatable bonds is 4. The van der Waals surface area contributed by atoms with Crippen LogP contribution in [0.1, 0.15) is 28.7 Å². The van der Waals surface area contributed by atoms with Crippen LogP contribution in [0.2, 0.25) is 0 Å². The number of hydrogen-bond donors (Lipinski definition) is 1.